The minimum absolute atomic E-state index is 0.0178. The molecule has 0 saturated heterocycles. The van der Waals surface area contributed by atoms with E-state index < -0.39 is 0 Å². The molecule has 0 aliphatic rings. The summed E-state index contributed by atoms with van der Waals surface area (Å²) in [4.78, 5) is 14.2. The SMILES string of the molecule is CCn1c(SCC(=O)N(C)CCOc2cc(C)cc(C)c2)nnc1-c1ccco1. The minimum Gasteiger partial charge on any atom is -0.492 e. The lowest BCUT2D eigenvalue weighted by molar-refractivity contribution is -0.127. The first-order valence-corrected chi connectivity index (χ1v) is 10.5. The van der Waals surface area contributed by atoms with E-state index in [-0.39, 0.29) is 11.7 Å². The molecule has 154 valence electrons. The van der Waals surface area contributed by atoms with Gasteiger partial charge in [-0.15, -0.1) is 10.2 Å². The first kappa shape index (κ1) is 21.0. The van der Waals surface area contributed by atoms with Gasteiger partial charge in [0.25, 0.3) is 0 Å². The molecule has 1 amide bonds. The highest BCUT2D eigenvalue weighted by Crippen LogP contribution is 2.24. The van der Waals surface area contributed by atoms with Crippen molar-refractivity contribution >= 4 is 17.7 Å². The van der Waals surface area contributed by atoms with Gasteiger partial charge in [0.15, 0.2) is 16.7 Å². The number of amides is 1. The van der Waals surface area contributed by atoms with Crippen molar-refractivity contribution < 1.29 is 13.9 Å². The fourth-order valence-electron chi connectivity index (χ4n) is 2.95. The molecule has 2 aromatic heterocycles. The van der Waals surface area contributed by atoms with E-state index in [2.05, 4.69) is 16.3 Å². The molecule has 1 aromatic carbocycles. The Kier molecular flexibility index (Phi) is 6.98. The Hall–Kier alpha value is -2.74. The second-order valence-corrected chi connectivity index (χ2v) is 7.75. The summed E-state index contributed by atoms with van der Waals surface area (Å²) in [7, 11) is 1.78. The van der Waals surface area contributed by atoms with Gasteiger partial charge >= 0.3 is 0 Å². The number of furan rings is 1. The summed E-state index contributed by atoms with van der Waals surface area (Å²) in [5, 5.41) is 9.12. The molecule has 0 bridgehead atoms. The number of nitrogens with zero attached hydrogens (tertiary/aromatic N) is 4. The number of thioether (sulfide) groups is 1. The molecule has 8 heteroatoms. The van der Waals surface area contributed by atoms with Crippen LogP contribution in [0.3, 0.4) is 0 Å². The summed E-state index contributed by atoms with van der Waals surface area (Å²) in [6.45, 7) is 7.75. The molecule has 0 aliphatic heterocycles. The van der Waals surface area contributed by atoms with Crippen LogP contribution in [-0.4, -0.2) is 51.5 Å². The molecule has 0 saturated carbocycles. The molecule has 29 heavy (non-hydrogen) atoms. The maximum atomic E-state index is 12.5. The lowest BCUT2D eigenvalue weighted by atomic mass is 10.1. The molecular formula is C21H26N4O3S. The summed E-state index contributed by atoms with van der Waals surface area (Å²) in [6.07, 6.45) is 1.61. The van der Waals surface area contributed by atoms with Gasteiger partial charge in [-0.25, -0.2) is 0 Å². The Morgan fingerprint density at radius 2 is 2.00 bits per heavy atom. The van der Waals surface area contributed by atoms with Gasteiger partial charge in [-0.1, -0.05) is 17.8 Å². The molecule has 7 nitrogen and oxygen atoms in total. The van der Waals surface area contributed by atoms with Crippen LogP contribution >= 0.6 is 11.8 Å². The molecule has 0 unspecified atom stereocenters. The Morgan fingerprint density at radius 1 is 1.24 bits per heavy atom. The van der Waals surface area contributed by atoms with Crippen molar-refractivity contribution in [2.45, 2.75) is 32.5 Å². The van der Waals surface area contributed by atoms with Crippen LogP contribution < -0.4 is 4.74 Å². The van der Waals surface area contributed by atoms with Crippen molar-refractivity contribution in [2.24, 2.45) is 0 Å². The van der Waals surface area contributed by atoms with Crippen LogP contribution in [-0.2, 0) is 11.3 Å². The highest BCUT2D eigenvalue weighted by Gasteiger charge is 2.17. The predicted molar refractivity (Wildman–Crippen MR) is 113 cm³/mol. The third-order valence-electron chi connectivity index (χ3n) is 4.42. The number of hydrogen-bond acceptors (Lipinski definition) is 6. The van der Waals surface area contributed by atoms with E-state index in [1.165, 1.54) is 11.8 Å². The van der Waals surface area contributed by atoms with Gasteiger partial charge in [0.2, 0.25) is 5.91 Å². The van der Waals surface area contributed by atoms with E-state index in [4.69, 9.17) is 9.15 Å². The van der Waals surface area contributed by atoms with E-state index in [0.717, 1.165) is 16.9 Å². The molecule has 3 aromatic rings. The van der Waals surface area contributed by atoms with E-state index in [1.807, 2.05) is 49.6 Å². The Morgan fingerprint density at radius 3 is 2.66 bits per heavy atom. The highest BCUT2D eigenvalue weighted by molar-refractivity contribution is 7.99. The normalized spacial score (nSPS) is 10.9. The predicted octanol–water partition coefficient (Wildman–Crippen LogP) is 3.80. The molecule has 0 radical (unpaired) electrons. The zero-order chi connectivity index (χ0) is 20.8. The van der Waals surface area contributed by atoms with E-state index >= 15 is 0 Å². The van der Waals surface area contributed by atoms with Gasteiger partial charge in [0.1, 0.15) is 12.4 Å². The van der Waals surface area contributed by atoms with Crippen molar-refractivity contribution in [3.05, 3.63) is 47.7 Å². The van der Waals surface area contributed by atoms with Crippen LogP contribution in [0.4, 0.5) is 0 Å². The van der Waals surface area contributed by atoms with Crippen LogP contribution in [0.5, 0.6) is 5.75 Å². The zero-order valence-corrected chi connectivity index (χ0v) is 18.0. The Bertz CT molecular complexity index is 933. The number of carbonyl (C=O) groups is 1. The molecule has 0 atom stereocenters. The minimum atomic E-state index is 0.0178. The first-order chi connectivity index (χ1) is 14.0. The monoisotopic (exact) mass is 414 g/mol. The van der Waals surface area contributed by atoms with Gasteiger partial charge in [-0.2, -0.15) is 0 Å². The number of ether oxygens (including phenoxy) is 1. The fraction of sp³-hybridized carbons (Fsp3) is 0.381. The van der Waals surface area contributed by atoms with Crippen molar-refractivity contribution in [1.82, 2.24) is 19.7 Å². The molecule has 2 heterocycles. The van der Waals surface area contributed by atoms with Crippen LogP contribution in [0.1, 0.15) is 18.1 Å². The summed E-state index contributed by atoms with van der Waals surface area (Å²) in [6, 6.07) is 9.76. The second-order valence-electron chi connectivity index (χ2n) is 6.80. The Balaban J connectivity index is 1.50. The average molecular weight is 415 g/mol. The fourth-order valence-corrected chi connectivity index (χ4v) is 3.89. The highest BCUT2D eigenvalue weighted by atomic mass is 32.2. The summed E-state index contributed by atoms with van der Waals surface area (Å²) in [5.74, 6) is 2.47. The lowest BCUT2D eigenvalue weighted by Crippen LogP contribution is -2.32. The van der Waals surface area contributed by atoms with E-state index in [9.17, 15) is 4.79 Å². The molecule has 0 fully saturated rings. The molecule has 3 rings (SSSR count). The molecule has 0 spiro atoms. The van der Waals surface area contributed by atoms with Crippen LogP contribution in [0.2, 0.25) is 0 Å². The quantitative estimate of drug-likeness (QED) is 0.496. The largest absolute Gasteiger partial charge is 0.492 e. The van der Waals surface area contributed by atoms with Gasteiger partial charge in [-0.05, 0) is 56.2 Å². The summed E-state index contributed by atoms with van der Waals surface area (Å²) >= 11 is 1.38. The zero-order valence-electron chi connectivity index (χ0n) is 17.2. The maximum Gasteiger partial charge on any atom is 0.232 e. The Labute approximate surface area is 175 Å². The number of aromatic nitrogens is 3. The summed E-state index contributed by atoms with van der Waals surface area (Å²) < 4.78 is 13.2. The van der Waals surface area contributed by atoms with Gasteiger partial charge in [0.05, 0.1) is 18.6 Å². The van der Waals surface area contributed by atoms with Crippen molar-refractivity contribution in [1.29, 1.82) is 0 Å². The number of aryl methyl sites for hydroxylation is 2. The number of rotatable bonds is 9. The van der Waals surface area contributed by atoms with Gasteiger partial charge in [-0.3, -0.25) is 9.36 Å². The summed E-state index contributed by atoms with van der Waals surface area (Å²) in [5.41, 5.74) is 2.32. The van der Waals surface area contributed by atoms with Crippen molar-refractivity contribution in [3.8, 4) is 17.3 Å². The topological polar surface area (TPSA) is 73.4 Å². The smallest absolute Gasteiger partial charge is 0.232 e. The molecule has 0 N–H and O–H groups in total. The van der Waals surface area contributed by atoms with E-state index in [0.29, 0.717) is 36.4 Å². The lowest BCUT2D eigenvalue weighted by Gasteiger charge is -2.17. The number of likely N-dealkylation sites (N-methyl/N-ethyl adjacent to an activating group) is 1. The van der Waals surface area contributed by atoms with Crippen molar-refractivity contribution in [3.63, 3.8) is 0 Å². The van der Waals surface area contributed by atoms with Crippen molar-refractivity contribution in [2.75, 3.05) is 26.0 Å². The van der Waals surface area contributed by atoms with Crippen LogP contribution in [0, 0.1) is 13.8 Å². The van der Waals surface area contributed by atoms with Gasteiger partial charge in [0, 0.05) is 13.6 Å². The third-order valence-corrected chi connectivity index (χ3v) is 5.37. The molecular weight excluding hydrogens is 388 g/mol. The third kappa shape index (κ3) is 5.41. The first-order valence-electron chi connectivity index (χ1n) is 9.53. The van der Waals surface area contributed by atoms with Gasteiger partial charge < -0.3 is 14.1 Å². The van der Waals surface area contributed by atoms with Crippen LogP contribution in [0.25, 0.3) is 11.6 Å². The number of benzene rings is 1. The number of carbonyl (C=O) groups excluding carboxylic acids is 1. The van der Waals surface area contributed by atoms with Crippen LogP contribution in [0.15, 0.2) is 46.2 Å². The average Bonchev–Trinajstić information content (AvgIpc) is 3.34. The molecule has 0 aliphatic carbocycles. The standard InChI is InChI=1S/C21H26N4O3S/c1-5-25-20(18-7-6-9-28-18)22-23-21(25)29-14-19(26)24(4)8-10-27-17-12-15(2)11-16(3)13-17/h6-7,9,11-13H,5,8,10,14H2,1-4H3. The number of hydrogen-bond donors (Lipinski definition) is 0. The van der Waals surface area contributed by atoms with E-state index in [1.54, 1.807) is 18.2 Å². The maximum absolute atomic E-state index is 12.5. The second kappa shape index (κ2) is 9.65.